The van der Waals surface area contributed by atoms with Crippen molar-refractivity contribution in [2.45, 2.75) is 19.4 Å². The van der Waals surface area contributed by atoms with E-state index in [2.05, 4.69) is 25.5 Å². The van der Waals surface area contributed by atoms with E-state index in [-0.39, 0.29) is 18.5 Å². The Balaban J connectivity index is 1.19. The number of nitrogens with zero attached hydrogens (tertiary/aromatic N) is 6. The molecule has 10 heteroatoms. The predicted octanol–water partition coefficient (Wildman–Crippen LogP) is 3.35. The molecule has 0 bridgehead atoms. The highest BCUT2D eigenvalue weighted by molar-refractivity contribution is 7.19. The van der Waals surface area contributed by atoms with Crippen molar-refractivity contribution in [3.05, 3.63) is 46.3 Å². The molecule has 0 saturated carbocycles. The van der Waals surface area contributed by atoms with E-state index in [0.717, 1.165) is 33.9 Å². The van der Waals surface area contributed by atoms with Gasteiger partial charge in [-0.3, -0.25) is 4.79 Å². The van der Waals surface area contributed by atoms with Crippen molar-refractivity contribution in [2.75, 3.05) is 18.0 Å². The van der Waals surface area contributed by atoms with E-state index in [1.165, 1.54) is 4.63 Å². The van der Waals surface area contributed by atoms with Gasteiger partial charge in [0.2, 0.25) is 0 Å². The topological polar surface area (TPSA) is 85.5 Å². The van der Waals surface area contributed by atoms with Crippen LogP contribution in [0, 0.1) is 5.92 Å². The van der Waals surface area contributed by atoms with Crippen LogP contribution in [0.5, 0.6) is 0 Å². The highest BCUT2D eigenvalue weighted by atomic mass is 35.5. The molecule has 0 spiro atoms. The van der Waals surface area contributed by atoms with Crippen molar-refractivity contribution in [3.8, 4) is 0 Å². The molecule has 0 radical (unpaired) electrons. The molecule has 0 N–H and O–H groups in total. The Morgan fingerprint density at radius 3 is 2.86 bits per heavy atom. The first kappa shape index (κ1) is 18.3. The average molecular weight is 429 g/mol. The smallest absolute Gasteiger partial charge is 0.309 e. The summed E-state index contributed by atoms with van der Waals surface area (Å²) in [6.45, 7) is 1.67. The number of benzene rings is 1. The highest BCUT2D eigenvalue weighted by Crippen LogP contribution is 2.35. The number of rotatable bonds is 4. The zero-order valence-electron chi connectivity index (χ0n) is 15.4. The zero-order valence-corrected chi connectivity index (χ0v) is 16.9. The Morgan fingerprint density at radius 1 is 1.21 bits per heavy atom. The van der Waals surface area contributed by atoms with Crippen LogP contribution in [0.15, 0.2) is 36.4 Å². The fourth-order valence-corrected chi connectivity index (χ4v) is 4.97. The van der Waals surface area contributed by atoms with Gasteiger partial charge in [0, 0.05) is 23.2 Å². The number of esters is 1. The lowest BCUT2D eigenvalue weighted by molar-refractivity contribution is -0.150. The maximum atomic E-state index is 12.6. The first-order chi connectivity index (χ1) is 14.2. The first-order valence-corrected chi connectivity index (χ1v) is 10.5. The summed E-state index contributed by atoms with van der Waals surface area (Å²) in [5, 5.41) is 17.4. The summed E-state index contributed by atoms with van der Waals surface area (Å²) in [4.78, 5) is 15.6. The number of anilines is 1. The van der Waals surface area contributed by atoms with E-state index in [0.29, 0.717) is 23.5 Å². The Kier molecular flexibility index (Phi) is 4.76. The minimum Gasteiger partial charge on any atom is -0.460 e. The molecule has 4 heterocycles. The van der Waals surface area contributed by atoms with Crippen LogP contribution in [0.3, 0.4) is 0 Å². The van der Waals surface area contributed by atoms with Crippen molar-refractivity contribution in [1.29, 1.82) is 0 Å². The fraction of sp³-hybridized carbons (Fsp3) is 0.316. The van der Waals surface area contributed by atoms with Gasteiger partial charge in [-0.05, 0) is 41.5 Å². The van der Waals surface area contributed by atoms with E-state index in [1.807, 2.05) is 36.4 Å². The lowest BCUT2D eigenvalue weighted by Crippen LogP contribution is -2.37. The molecule has 1 fully saturated rings. The van der Waals surface area contributed by atoms with Crippen molar-refractivity contribution in [2.24, 2.45) is 5.92 Å². The molecule has 4 aromatic rings. The molecule has 0 unspecified atom stereocenters. The number of hydrogen-bond donors (Lipinski definition) is 0. The van der Waals surface area contributed by atoms with Crippen molar-refractivity contribution in [3.63, 3.8) is 0 Å². The van der Waals surface area contributed by atoms with E-state index in [9.17, 15) is 4.79 Å². The number of aromatic nitrogens is 5. The molecule has 29 heavy (non-hydrogen) atoms. The van der Waals surface area contributed by atoms with Crippen LogP contribution in [0.1, 0.15) is 17.7 Å². The molecule has 0 aliphatic carbocycles. The molecule has 1 aromatic carbocycles. The number of carbonyl (C=O) groups is 1. The number of carbonyl (C=O) groups excluding carboxylic acids is 1. The third-order valence-electron chi connectivity index (χ3n) is 5.15. The normalized spacial score (nSPS) is 15.3. The molecule has 1 saturated heterocycles. The molecule has 3 aromatic heterocycles. The second kappa shape index (κ2) is 7.57. The van der Waals surface area contributed by atoms with Crippen LogP contribution >= 0.6 is 22.9 Å². The second-order valence-corrected chi connectivity index (χ2v) is 8.44. The molecule has 0 atom stereocenters. The summed E-state index contributed by atoms with van der Waals surface area (Å²) in [5.41, 5.74) is 0.604. The molecular formula is C19H17ClN6O2S. The maximum Gasteiger partial charge on any atom is 0.309 e. The Bertz CT molecular complexity index is 1180. The molecule has 5 rings (SSSR count). The molecule has 1 aliphatic rings. The molecular weight excluding hydrogens is 412 g/mol. The number of tetrazole rings is 1. The van der Waals surface area contributed by atoms with Crippen LogP contribution < -0.4 is 4.90 Å². The fourth-order valence-electron chi connectivity index (χ4n) is 3.57. The summed E-state index contributed by atoms with van der Waals surface area (Å²) in [7, 11) is 0. The summed E-state index contributed by atoms with van der Waals surface area (Å²) in [6, 6.07) is 11.7. The molecule has 148 valence electrons. The second-order valence-electron chi connectivity index (χ2n) is 6.92. The maximum absolute atomic E-state index is 12.6. The number of ether oxygens (including phenoxy) is 1. The SMILES string of the molecule is O=C(OCc1sc2ccccc2c1Cl)C1CCN(c2ccc3nnnn3n2)CC1. The summed E-state index contributed by atoms with van der Waals surface area (Å²) in [6.07, 6.45) is 1.43. The van der Waals surface area contributed by atoms with Gasteiger partial charge in [0.05, 0.1) is 15.8 Å². The van der Waals surface area contributed by atoms with Gasteiger partial charge in [-0.2, -0.15) is 0 Å². The number of hydrogen-bond acceptors (Lipinski definition) is 8. The number of thiophene rings is 1. The van der Waals surface area contributed by atoms with E-state index in [1.54, 1.807) is 11.3 Å². The van der Waals surface area contributed by atoms with Crippen molar-refractivity contribution in [1.82, 2.24) is 25.3 Å². The van der Waals surface area contributed by atoms with Crippen molar-refractivity contribution < 1.29 is 9.53 Å². The van der Waals surface area contributed by atoms with Gasteiger partial charge < -0.3 is 9.64 Å². The quantitative estimate of drug-likeness (QED) is 0.461. The monoisotopic (exact) mass is 428 g/mol. The zero-order chi connectivity index (χ0) is 19.8. The van der Waals surface area contributed by atoms with Crippen LogP contribution in [-0.4, -0.2) is 44.3 Å². The van der Waals surface area contributed by atoms with Gasteiger partial charge in [-0.1, -0.05) is 29.8 Å². The average Bonchev–Trinajstić information content (AvgIpc) is 3.36. The highest BCUT2D eigenvalue weighted by Gasteiger charge is 2.27. The molecule has 8 nitrogen and oxygen atoms in total. The minimum absolute atomic E-state index is 0.115. The van der Waals surface area contributed by atoms with E-state index >= 15 is 0 Å². The van der Waals surface area contributed by atoms with Gasteiger partial charge in [0.15, 0.2) is 11.5 Å². The van der Waals surface area contributed by atoms with Crippen LogP contribution in [0.25, 0.3) is 15.7 Å². The first-order valence-electron chi connectivity index (χ1n) is 9.32. The third-order valence-corrected chi connectivity index (χ3v) is 6.84. The molecule has 0 amide bonds. The van der Waals surface area contributed by atoms with Gasteiger partial charge in [-0.25, -0.2) is 0 Å². The Morgan fingerprint density at radius 2 is 2.03 bits per heavy atom. The van der Waals surface area contributed by atoms with Crippen LogP contribution in [0.4, 0.5) is 5.82 Å². The number of piperidine rings is 1. The number of fused-ring (bicyclic) bond motifs is 2. The standard InChI is InChI=1S/C19H17ClN6O2S/c20-18-13-3-1-2-4-14(13)29-15(18)11-28-19(27)12-7-9-25(10-8-12)17-6-5-16-21-23-24-26(16)22-17/h1-6,12H,7-11H2. The molecule has 1 aliphatic heterocycles. The van der Waals surface area contributed by atoms with Gasteiger partial charge in [0.1, 0.15) is 6.61 Å². The lowest BCUT2D eigenvalue weighted by Gasteiger charge is -2.31. The Labute approximate surface area is 175 Å². The lowest BCUT2D eigenvalue weighted by atomic mass is 9.97. The van der Waals surface area contributed by atoms with Crippen LogP contribution in [-0.2, 0) is 16.1 Å². The van der Waals surface area contributed by atoms with E-state index < -0.39 is 0 Å². The summed E-state index contributed by atoms with van der Waals surface area (Å²) >= 11 is 8.00. The largest absolute Gasteiger partial charge is 0.460 e. The van der Waals surface area contributed by atoms with Gasteiger partial charge >= 0.3 is 5.97 Å². The van der Waals surface area contributed by atoms with Crippen LogP contribution in [0.2, 0.25) is 5.02 Å². The number of halogens is 1. The van der Waals surface area contributed by atoms with Gasteiger partial charge in [-0.15, -0.1) is 26.2 Å². The minimum atomic E-state index is -0.165. The summed E-state index contributed by atoms with van der Waals surface area (Å²) < 4.78 is 8.10. The predicted molar refractivity (Wildman–Crippen MR) is 110 cm³/mol. The Hall–Kier alpha value is -2.78. The van der Waals surface area contributed by atoms with Gasteiger partial charge in [0.25, 0.3) is 0 Å². The summed E-state index contributed by atoms with van der Waals surface area (Å²) in [5.74, 6) is 0.520. The third kappa shape index (κ3) is 3.51. The van der Waals surface area contributed by atoms with E-state index in [4.69, 9.17) is 16.3 Å². The van der Waals surface area contributed by atoms with Crippen molar-refractivity contribution >= 4 is 50.5 Å².